The lowest BCUT2D eigenvalue weighted by atomic mass is 9.98. The van der Waals surface area contributed by atoms with Gasteiger partial charge in [0.05, 0.1) is 17.0 Å². The Balaban J connectivity index is 1.18. The largest absolute Gasteiger partial charge is 0.506 e. The van der Waals surface area contributed by atoms with Crippen LogP contribution in [0.3, 0.4) is 0 Å². The summed E-state index contributed by atoms with van der Waals surface area (Å²) in [6.07, 6.45) is 16.9. The molecule has 4 aromatic carbocycles. The molecule has 10 nitrogen and oxygen atoms in total. The van der Waals surface area contributed by atoms with E-state index in [2.05, 4.69) is 44.7 Å². The molecule has 0 aliphatic heterocycles. The minimum absolute atomic E-state index is 0.0927. The standard InChI is InChI=1S/C42H50N6O4S2/c1-2-3-4-5-6-7-8-9-10-11-12-13-18-30-19-14-17-22-37(30)45-40(52)36-27-35(33-20-15-16-21-34(33)39(36)51)41-47-48-42(54-41)53-28-38(50)44-31-23-25-32(26-24-31)46-43-29-49/h14-17,19-27,29,46,51H,2-13,18,28H2,1H3,(H,43,49)(H,44,50)(H,45,52). The maximum absolute atomic E-state index is 13.8. The van der Waals surface area contributed by atoms with E-state index in [1.54, 1.807) is 36.4 Å². The van der Waals surface area contributed by atoms with Crippen LogP contribution in [-0.2, 0) is 16.0 Å². The zero-order chi connectivity index (χ0) is 38.0. The van der Waals surface area contributed by atoms with Gasteiger partial charge < -0.3 is 15.7 Å². The highest BCUT2D eigenvalue weighted by atomic mass is 32.2. The number of nitrogens with one attached hydrogen (secondary N) is 4. The average Bonchev–Trinajstić information content (AvgIpc) is 3.67. The number of benzene rings is 4. The van der Waals surface area contributed by atoms with E-state index in [0.29, 0.717) is 38.1 Å². The molecule has 5 N–H and O–H groups in total. The van der Waals surface area contributed by atoms with Crippen LogP contribution < -0.4 is 21.5 Å². The normalized spacial score (nSPS) is 11.0. The van der Waals surface area contributed by atoms with Crippen LogP contribution in [0.25, 0.3) is 21.3 Å². The number of amides is 3. The van der Waals surface area contributed by atoms with Crippen molar-refractivity contribution in [2.45, 2.75) is 94.7 Å². The van der Waals surface area contributed by atoms with E-state index >= 15 is 0 Å². The van der Waals surface area contributed by atoms with Crippen LogP contribution in [0.1, 0.15) is 99.9 Å². The molecule has 5 aromatic rings. The fraction of sp³-hybridized carbons (Fsp3) is 0.357. The van der Waals surface area contributed by atoms with Gasteiger partial charge in [-0.3, -0.25) is 25.2 Å². The molecule has 0 atom stereocenters. The number of fused-ring (bicyclic) bond motifs is 1. The molecular weight excluding hydrogens is 717 g/mol. The van der Waals surface area contributed by atoms with E-state index in [9.17, 15) is 19.5 Å². The van der Waals surface area contributed by atoms with Crippen LogP contribution in [0.5, 0.6) is 5.75 Å². The second kappa shape index (κ2) is 21.7. The van der Waals surface area contributed by atoms with Gasteiger partial charge in [0.25, 0.3) is 5.91 Å². The second-order valence-electron chi connectivity index (χ2n) is 13.3. The van der Waals surface area contributed by atoms with Crippen molar-refractivity contribution >= 4 is 69.2 Å². The van der Waals surface area contributed by atoms with Crippen molar-refractivity contribution < 1.29 is 19.5 Å². The van der Waals surface area contributed by atoms with E-state index in [4.69, 9.17) is 0 Å². The highest BCUT2D eigenvalue weighted by Gasteiger charge is 2.21. The van der Waals surface area contributed by atoms with Crippen molar-refractivity contribution in [1.29, 1.82) is 0 Å². The van der Waals surface area contributed by atoms with Gasteiger partial charge in [-0.25, -0.2) is 0 Å². The number of phenols is 1. The van der Waals surface area contributed by atoms with Gasteiger partial charge in [0, 0.05) is 22.3 Å². The summed E-state index contributed by atoms with van der Waals surface area (Å²) in [4.78, 5) is 36.9. The number of aromatic nitrogens is 2. The molecule has 3 amide bonds. The lowest BCUT2D eigenvalue weighted by Crippen LogP contribution is -2.19. The molecule has 0 radical (unpaired) electrons. The summed E-state index contributed by atoms with van der Waals surface area (Å²) in [5.74, 6) is -0.591. The van der Waals surface area contributed by atoms with Gasteiger partial charge in [-0.2, -0.15) is 0 Å². The maximum Gasteiger partial charge on any atom is 0.259 e. The Bertz CT molecular complexity index is 1970. The van der Waals surface area contributed by atoms with E-state index in [-0.39, 0.29) is 23.0 Å². The van der Waals surface area contributed by atoms with Gasteiger partial charge in [0.2, 0.25) is 12.3 Å². The number of carbonyl (C=O) groups is 3. The molecule has 0 saturated heterocycles. The summed E-state index contributed by atoms with van der Waals surface area (Å²) in [7, 11) is 0. The third-order valence-corrected chi connectivity index (χ3v) is 11.3. The molecule has 0 saturated carbocycles. The first-order valence-corrected chi connectivity index (χ1v) is 20.7. The van der Waals surface area contributed by atoms with Crippen molar-refractivity contribution in [3.05, 3.63) is 90.0 Å². The number of aromatic hydroxyl groups is 1. The topological polar surface area (TPSA) is 145 Å². The number of carbonyl (C=O) groups excluding carboxylic acids is 3. The first-order valence-electron chi connectivity index (χ1n) is 18.9. The SMILES string of the molecule is CCCCCCCCCCCCCCc1ccccc1NC(=O)c1cc(-c2nnc(SCC(=O)Nc3ccc(NNC=O)cc3)s2)c2ccccc2c1O. The van der Waals surface area contributed by atoms with Gasteiger partial charge in [0.1, 0.15) is 10.8 Å². The maximum atomic E-state index is 13.8. The Labute approximate surface area is 325 Å². The molecule has 0 bridgehead atoms. The number of unbranched alkanes of at least 4 members (excludes halogenated alkanes) is 11. The number of hydrazine groups is 1. The predicted molar refractivity (Wildman–Crippen MR) is 222 cm³/mol. The van der Waals surface area contributed by atoms with Crippen LogP contribution in [0.4, 0.5) is 17.1 Å². The molecule has 0 unspecified atom stereocenters. The molecule has 1 heterocycles. The second-order valence-corrected chi connectivity index (χ2v) is 15.5. The Morgan fingerprint density at radius 1 is 0.759 bits per heavy atom. The average molecular weight is 767 g/mol. The molecule has 54 heavy (non-hydrogen) atoms. The predicted octanol–water partition coefficient (Wildman–Crippen LogP) is 10.4. The summed E-state index contributed by atoms with van der Waals surface area (Å²) >= 11 is 2.58. The summed E-state index contributed by atoms with van der Waals surface area (Å²) in [6.45, 7) is 2.26. The molecule has 0 fully saturated rings. The molecule has 1 aromatic heterocycles. The molecule has 284 valence electrons. The molecule has 0 aliphatic carbocycles. The van der Waals surface area contributed by atoms with Crippen molar-refractivity contribution in [3.8, 4) is 16.3 Å². The van der Waals surface area contributed by atoms with Crippen LogP contribution in [0.15, 0.2) is 83.2 Å². The zero-order valence-electron chi connectivity index (χ0n) is 30.9. The number of hydrogen-bond donors (Lipinski definition) is 5. The van der Waals surface area contributed by atoms with Gasteiger partial charge in [-0.1, -0.05) is 143 Å². The van der Waals surface area contributed by atoms with Gasteiger partial charge in [-0.15, -0.1) is 10.2 Å². The lowest BCUT2D eigenvalue weighted by Gasteiger charge is -2.14. The van der Waals surface area contributed by atoms with Gasteiger partial charge in [-0.05, 0) is 60.2 Å². The Morgan fingerprint density at radius 3 is 2.09 bits per heavy atom. The van der Waals surface area contributed by atoms with E-state index < -0.39 is 5.91 Å². The van der Waals surface area contributed by atoms with Gasteiger partial charge >= 0.3 is 0 Å². The molecular formula is C42H50N6O4S2. The third-order valence-electron chi connectivity index (χ3n) is 9.23. The number of aryl methyl sites for hydroxylation is 1. The Kier molecular flexibility index (Phi) is 16.2. The lowest BCUT2D eigenvalue weighted by molar-refractivity contribution is -0.113. The summed E-state index contributed by atoms with van der Waals surface area (Å²) in [5, 5.41) is 27.8. The molecule has 0 spiro atoms. The number of anilines is 3. The summed E-state index contributed by atoms with van der Waals surface area (Å²) < 4.78 is 0.592. The molecule has 0 aliphatic rings. The summed E-state index contributed by atoms with van der Waals surface area (Å²) in [5.41, 5.74) is 9.00. The van der Waals surface area contributed by atoms with Crippen LogP contribution >= 0.6 is 23.1 Å². The third kappa shape index (κ3) is 12.0. The quantitative estimate of drug-likeness (QED) is 0.0191. The van der Waals surface area contributed by atoms with Gasteiger partial charge in [0.15, 0.2) is 4.34 Å². The number of thioether (sulfide) groups is 1. The Morgan fingerprint density at radius 2 is 1.39 bits per heavy atom. The zero-order valence-corrected chi connectivity index (χ0v) is 32.5. The fourth-order valence-corrected chi connectivity index (χ4v) is 8.05. The number of nitrogens with zero attached hydrogens (tertiary/aromatic N) is 2. The van der Waals surface area contributed by atoms with Crippen molar-refractivity contribution in [2.24, 2.45) is 0 Å². The van der Waals surface area contributed by atoms with Crippen molar-refractivity contribution in [2.75, 3.05) is 21.8 Å². The number of rotatable bonds is 23. The highest BCUT2D eigenvalue weighted by Crippen LogP contribution is 2.39. The minimum atomic E-state index is -0.402. The van der Waals surface area contributed by atoms with Crippen LogP contribution in [-0.4, -0.2) is 39.3 Å². The van der Waals surface area contributed by atoms with Crippen LogP contribution in [0.2, 0.25) is 0 Å². The number of hydrogen-bond acceptors (Lipinski definition) is 9. The Hall–Kier alpha value is -4.94. The monoisotopic (exact) mass is 766 g/mol. The highest BCUT2D eigenvalue weighted by molar-refractivity contribution is 8.01. The number of para-hydroxylation sites is 1. The smallest absolute Gasteiger partial charge is 0.259 e. The number of phenolic OH excluding ortho intramolecular Hbond substituents is 1. The van der Waals surface area contributed by atoms with E-state index in [0.717, 1.165) is 35.9 Å². The molecule has 5 rings (SSSR count). The van der Waals surface area contributed by atoms with Crippen molar-refractivity contribution in [1.82, 2.24) is 15.6 Å². The first-order chi connectivity index (χ1) is 26.5. The van der Waals surface area contributed by atoms with Crippen molar-refractivity contribution in [3.63, 3.8) is 0 Å². The summed E-state index contributed by atoms with van der Waals surface area (Å²) in [6, 6.07) is 23.8. The minimum Gasteiger partial charge on any atom is -0.506 e. The first kappa shape index (κ1) is 40.2. The molecule has 12 heteroatoms. The van der Waals surface area contributed by atoms with E-state index in [1.165, 1.54) is 87.3 Å². The van der Waals surface area contributed by atoms with Crippen LogP contribution in [0, 0.1) is 0 Å². The van der Waals surface area contributed by atoms with E-state index in [1.807, 2.05) is 36.4 Å². The fourth-order valence-electron chi connectivity index (χ4n) is 6.37.